The summed E-state index contributed by atoms with van der Waals surface area (Å²) in [7, 11) is 0. The number of pyridine rings is 1. The van der Waals surface area contributed by atoms with Gasteiger partial charge >= 0.3 is 6.09 Å². The van der Waals surface area contributed by atoms with Crippen molar-refractivity contribution in [1.29, 1.82) is 0 Å². The largest absolute Gasteiger partial charge is 0.485 e. The van der Waals surface area contributed by atoms with E-state index in [0.717, 1.165) is 5.56 Å². The molecule has 1 amide bonds. The van der Waals surface area contributed by atoms with E-state index in [1.165, 1.54) is 23.1 Å². The number of aryl methyl sites for hydroxylation is 2. The third-order valence-corrected chi connectivity index (χ3v) is 6.16. The number of carbonyl (C=O) groups is 1. The van der Waals surface area contributed by atoms with Crippen LogP contribution in [0.25, 0.3) is 17.2 Å². The second-order valence-corrected chi connectivity index (χ2v) is 10.9. The molecule has 202 valence electrons. The van der Waals surface area contributed by atoms with Gasteiger partial charge < -0.3 is 14.4 Å². The van der Waals surface area contributed by atoms with Crippen LogP contribution in [0, 0.1) is 25.5 Å². The van der Waals surface area contributed by atoms with E-state index in [-0.39, 0.29) is 30.3 Å². The van der Waals surface area contributed by atoms with Crippen LogP contribution in [0.1, 0.15) is 57.3 Å². The first-order chi connectivity index (χ1) is 17.7. The first kappa shape index (κ1) is 27.0. The predicted octanol–water partition coefficient (Wildman–Crippen LogP) is 5.96. The molecule has 0 aliphatic carbocycles. The normalized spacial score (nSPS) is 12.2. The van der Waals surface area contributed by atoms with E-state index in [2.05, 4.69) is 15.1 Å². The molecule has 0 saturated carbocycles. The molecular formula is C27H31F2N5O4. The Labute approximate surface area is 219 Å². The van der Waals surface area contributed by atoms with Crippen molar-refractivity contribution in [3.05, 3.63) is 64.8 Å². The maximum absolute atomic E-state index is 14.1. The Balaban J connectivity index is 1.67. The molecule has 9 nitrogen and oxygen atoms in total. The van der Waals surface area contributed by atoms with Crippen LogP contribution in [-0.2, 0) is 13.0 Å². The Morgan fingerprint density at radius 2 is 1.79 bits per heavy atom. The highest BCUT2D eigenvalue weighted by Gasteiger charge is 2.40. The standard InChI is InChI=1S/C27H31F2N5O4/c1-15-11-20(37-14-17-18(28)9-8-10-19(17)29)24-30-16(2)22(33(24)13-15)23-31-21(38-32-23)12-27(6,7)34(25(35)36)26(3,4)5/h8-11,13H,12,14H2,1-7H3,(H,35,36). The fraction of sp³-hybridized carbons (Fsp3) is 0.407. The van der Waals surface area contributed by atoms with E-state index in [4.69, 9.17) is 9.26 Å². The lowest BCUT2D eigenvalue weighted by atomic mass is 9.92. The fourth-order valence-electron chi connectivity index (χ4n) is 4.88. The zero-order chi connectivity index (χ0) is 28.0. The van der Waals surface area contributed by atoms with E-state index in [0.29, 0.717) is 22.8 Å². The Hall–Kier alpha value is -4.02. The van der Waals surface area contributed by atoms with Gasteiger partial charge in [-0.15, -0.1) is 0 Å². The van der Waals surface area contributed by atoms with Crippen LogP contribution < -0.4 is 4.74 Å². The van der Waals surface area contributed by atoms with Gasteiger partial charge in [0.2, 0.25) is 11.7 Å². The lowest BCUT2D eigenvalue weighted by Gasteiger charge is -2.44. The first-order valence-electron chi connectivity index (χ1n) is 12.1. The predicted molar refractivity (Wildman–Crippen MR) is 136 cm³/mol. The van der Waals surface area contributed by atoms with Gasteiger partial charge in [-0.05, 0) is 72.2 Å². The molecular weight excluding hydrogens is 496 g/mol. The van der Waals surface area contributed by atoms with Crippen LogP contribution in [0.4, 0.5) is 13.6 Å². The fourth-order valence-corrected chi connectivity index (χ4v) is 4.88. The van der Waals surface area contributed by atoms with E-state index in [9.17, 15) is 18.7 Å². The van der Waals surface area contributed by atoms with Crippen molar-refractivity contribution >= 4 is 11.7 Å². The number of amides is 1. The summed E-state index contributed by atoms with van der Waals surface area (Å²) >= 11 is 0. The minimum Gasteiger partial charge on any atom is -0.485 e. The summed E-state index contributed by atoms with van der Waals surface area (Å²) in [5.74, 6) is -0.494. The zero-order valence-electron chi connectivity index (χ0n) is 22.5. The van der Waals surface area contributed by atoms with Crippen molar-refractivity contribution < 1.29 is 27.9 Å². The molecule has 0 fully saturated rings. The molecule has 11 heteroatoms. The smallest absolute Gasteiger partial charge is 0.408 e. The summed E-state index contributed by atoms with van der Waals surface area (Å²) in [5, 5.41) is 14.0. The van der Waals surface area contributed by atoms with Crippen molar-refractivity contribution in [1.82, 2.24) is 24.4 Å². The average molecular weight is 528 g/mol. The van der Waals surface area contributed by atoms with Gasteiger partial charge in [-0.2, -0.15) is 4.98 Å². The number of benzene rings is 1. The van der Waals surface area contributed by atoms with Crippen LogP contribution in [0.2, 0.25) is 0 Å². The van der Waals surface area contributed by atoms with Crippen LogP contribution in [0.3, 0.4) is 0 Å². The molecule has 0 unspecified atom stereocenters. The second-order valence-electron chi connectivity index (χ2n) is 10.9. The zero-order valence-corrected chi connectivity index (χ0v) is 22.5. The van der Waals surface area contributed by atoms with E-state index in [1.54, 1.807) is 31.2 Å². The number of halogens is 2. The van der Waals surface area contributed by atoms with Gasteiger partial charge in [0.05, 0.1) is 17.7 Å². The van der Waals surface area contributed by atoms with Crippen LogP contribution in [0.15, 0.2) is 35.0 Å². The number of hydrogen-bond donors (Lipinski definition) is 1. The molecule has 4 rings (SSSR count). The minimum atomic E-state index is -1.04. The summed E-state index contributed by atoms with van der Waals surface area (Å²) < 4.78 is 41.3. The molecule has 0 atom stereocenters. The number of ether oxygens (including phenoxy) is 1. The van der Waals surface area contributed by atoms with Crippen molar-refractivity contribution in [2.45, 2.75) is 72.6 Å². The van der Waals surface area contributed by atoms with Crippen molar-refractivity contribution in [3.8, 4) is 17.3 Å². The number of hydrogen-bond acceptors (Lipinski definition) is 6. The van der Waals surface area contributed by atoms with Gasteiger partial charge in [0.25, 0.3) is 0 Å². The first-order valence-corrected chi connectivity index (χ1v) is 12.1. The number of rotatable bonds is 7. The van der Waals surface area contributed by atoms with Gasteiger partial charge in [-0.1, -0.05) is 11.2 Å². The second kappa shape index (κ2) is 9.70. The number of imidazole rings is 1. The molecule has 4 aromatic rings. The molecule has 38 heavy (non-hydrogen) atoms. The molecule has 0 saturated heterocycles. The van der Waals surface area contributed by atoms with Crippen LogP contribution in [-0.4, -0.2) is 46.7 Å². The summed E-state index contributed by atoms with van der Waals surface area (Å²) in [6.45, 7) is 12.4. The number of fused-ring (bicyclic) bond motifs is 1. The molecule has 0 radical (unpaired) electrons. The molecule has 0 spiro atoms. The quantitative estimate of drug-likeness (QED) is 0.316. The van der Waals surface area contributed by atoms with E-state index in [1.807, 2.05) is 33.9 Å². The molecule has 3 heterocycles. The minimum absolute atomic E-state index is 0.174. The Morgan fingerprint density at radius 3 is 2.39 bits per heavy atom. The Morgan fingerprint density at radius 1 is 1.13 bits per heavy atom. The third-order valence-electron chi connectivity index (χ3n) is 6.16. The summed E-state index contributed by atoms with van der Waals surface area (Å²) in [6, 6.07) is 5.39. The maximum atomic E-state index is 14.1. The number of nitrogens with zero attached hydrogens (tertiary/aromatic N) is 5. The van der Waals surface area contributed by atoms with Gasteiger partial charge in [-0.3, -0.25) is 9.30 Å². The highest BCUT2D eigenvalue weighted by atomic mass is 19.1. The molecule has 3 aromatic heterocycles. The number of carboxylic acid groups (broad SMARTS) is 1. The average Bonchev–Trinajstić information content (AvgIpc) is 3.34. The Kier molecular flexibility index (Phi) is 6.90. The van der Waals surface area contributed by atoms with Gasteiger partial charge in [0.1, 0.15) is 23.9 Å². The topological polar surface area (TPSA) is 106 Å². The highest BCUT2D eigenvalue weighted by Crippen LogP contribution is 2.32. The lowest BCUT2D eigenvalue weighted by molar-refractivity contribution is 0.0300. The van der Waals surface area contributed by atoms with Gasteiger partial charge in [0, 0.05) is 17.3 Å². The van der Waals surface area contributed by atoms with Crippen LogP contribution in [0.5, 0.6) is 5.75 Å². The molecule has 0 aliphatic rings. The monoisotopic (exact) mass is 527 g/mol. The van der Waals surface area contributed by atoms with Crippen molar-refractivity contribution in [2.75, 3.05) is 0 Å². The van der Waals surface area contributed by atoms with Crippen LogP contribution >= 0.6 is 0 Å². The third kappa shape index (κ3) is 5.18. The van der Waals surface area contributed by atoms with Gasteiger partial charge in [-0.25, -0.2) is 18.6 Å². The van der Waals surface area contributed by atoms with Crippen molar-refractivity contribution in [2.24, 2.45) is 0 Å². The Bertz CT molecular complexity index is 1480. The molecule has 0 aliphatic heterocycles. The van der Waals surface area contributed by atoms with E-state index >= 15 is 0 Å². The van der Waals surface area contributed by atoms with Gasteiger partial charge in [0.15, 0.2) is 11.4 Å². The van der Waals surface area contributed by atoms with E-state index < -0.39 is 28.8 Å². The lowest BCUT2D eigenvalue weighted by Crippen LogP contribution is -2.57. The van der Waals surface area contributed by atoms with Crippen molar-refractivity contribution in [3.63, 3.8) is 0 Å². The SMILES string of the molecule is Cc1cc(OCc2c(F)cccc2F)c2nc(C)c(-c3noc(CC(C)(C)N(C(=O)O)C(C)(C)C)n3)n2c1. The highest BCUT2D eigenvalue weighted by molar-refractivity contribution is 5.68. The summed E-state index contributed by atoms with van der Waals surface area (Å²) in [6.07, 6.45) is 0.978. The molecule has 1 aromatic carbocycles. The summed E-state index contributed by atoms with van der Waals surface area (Å²) in [5.41, 5.74) is 0.739. The number of aromatic nitrogens is 4. The molecule has 1 N–H and O–H groups in total. The summed E-state index contributed by atoms with van der Waals surface area (Å²) in [4.78, 5) is 22.5. The maximum Gasteiger partial charge on any atom is 0.408 e. The molecule has 0 bridgehead atoms.